The van der Waals surface area contributed by atoms with Gasteiger partial charge in [-0.2, -0.15) is 0 Å². The van der Waals surface area contributed by atoms with Gasteiger partial charge in [-0.15, -0.1) is 0 Å². The van der Waals surface area contributed by atoms with Gasteiger partial charge in [-0.05, 0) is 37.1 Å². The Morgan fingerprint density at radius 2 is 1.71 bits per heavy atom. The van der Waals surface area contributed by atoms with Gasteiger partial charge in [0.25, 0.3) is 0 Å². The second kappa shape index (κ2) is 7.92. The van der Waals surface area contributed by atoms with E-state index in [1.807, 2.05) is 29.2 Å². The molecule has 3 aromatic rings. The molecule has 6 nitrogen and oxygen atoms in total. The minimum atomic E-state index is -0.361. The topological polar surface area (TPSA) is 58.7 Å². The Labute approximate surface area is 164 Å². The van der Waals surface area contributed by atoms with Crippen LogP contribution in [0, 0.1) is 6.92 Å². The predicted octanol–water partition coefficient (Wildman–Crippen LogP) is 3.03. The van der Waals surface area contributed by atoms with Crippen molar-refractivity contribution < 1.29 is 9.21 Å². The van der Waals surface area contributed by atoms with Crippen LogP contribution in [0.15, 0.2) is 57.7 Å². The van der Waals surface area contributed by atoms with Crippen molar-refractivity contribution >= 4 is 22.7 Å². The first kappa shape index (κ1) is 18.3. The highest BCUT2D eigenvalue weighted by atomic mass is 16.4. The minimum absolute atomic E-state index is 0.158. The summed E-state index contributed by atoms with van der Waals surface area (Å²) in [5, 5.41) is 0. The summed E-state index contributed by atoms with van der Waals surface area (Å²) in [5.74, 6) is -0.203. The monoisotopic (exact) mass is 379 g/mol. The van der Waals surface area contributed by atoms with Crippen molar-refractivity contribution in [1.29, 1.82) is 0 Å². The van der Waals surface area contributed by atoms with Crippen molar-refractivity contribution in [2.45, 2.75) is 26.3 Å². The maximum Gasteiger partial charge on any atom is 0.419 e. The molecule has 0 bridgehead atoms. The summed E-state index contributed by atoms with van der Waals surface area (Å²) >= 11 is 0. The van der Waals surface area contributed by atoms with Crippen LogP contribution in [0.1, 0.15) is 18.4 Å². The van der Waals surface area contributed by atoms with Gasteiger partial charge in [-0.1, -0.05) is 30.3 Å². The average molecular weight is 379 g/mol. The Bertz CT molecular complexity index is 1030. The number of benzene rings is 2. The van der Waals surface area contributed by atoms with E-state index in [4.69, 9.17) is 4.42 Å². The van der Waals surface area contributed by atoms with E-state index in [1.165, 1.54) is 11.3 Å². The lowest BCUT2D eigenvalue weighted by atomic mass is 10.1. The van der Waals surface area contributed by atoms with Gasteiger partial charge < -0.3 is 14.2 Å². The fourth-order valence-corrected chi connectivity index (χ4v) is 3.89. The number of nitrogens with zero attached hydrogens (tertiary/aromatic N) is 3. The molecule has 0 saturated carbocycles. The van der Waals surface area contributed by atoms with Crippen LogP contribution < -0.4 is 10.7 Å². The molecule has 1 aliphatic heterocycles. The molecular weight excluding hydrogens is 354 g/mol. The van der Waals surface area contributed by atoms with Crippen molar-refractivity contribution in [2.24, 2.45) is 0 Å². The fourth-order valence-electron chi connectivity index (χ4n) is 3.89. The Morgan fingerprint density at radius 1 is 1.00 bits per heavy atom. The van der Waals surface area contributed by atoms with Crippen LogP contribution in [0.3, 0.4) is 0 Å². The number of aryl methyl sites for hydroxylation is 2. The third-order valence-corrected chi connectivity index (χ3v) is 5.43. The molecule has 1 saturated heterocycles. The van der Waals surface area contributed by atoms with Gasteiger partial charge in [0.05, 0.1) is 5.52 Å². The molecule has 0 aliphatic carbocycles. The van der Waals surface area contributed by atoms with Crippen molar-refractivity contribution in [3.05, 3.63) is 64.6 Å². The van der Waals surface area contributed by atoms with Crippen molar-refractivity contribution in [2.75, 3.05) is 31.1 Å². The van der Waals surface area contributed by atoms with Gasteiger partial charge in [0.2, 0.25) is 5.91 Å². The zero-order chi connectivity index (χ0) is 19.5. The second-order valence-electron chi connectivity index (χ2n) is 7.25. The highest BCUT2D eigenvalue weighted by Crippen LogP contribution is 2.21. The van der Waals surface area contributed by atoms with E-state index >= 15 is 0 Å². The van der Waals surface area contributed by atoms with Gasteiger partial charge in [0.15, 0.2) is 5.58 Å². The largest absolute Gasteiger partial charge is 0.419 e. The van der Waals surface area contributed by atoms with E-state index in [-0.39, 0.29) is 11.7 Å². The molecular formula is C22H25N3O3. The fraction of sp³-hybridized carbons (Fsp3) is 0.364. The summed E-state index contributed by atoms with van der Waals surface area (Å²) < 4.78 is 6.85. The summed E-state index contributed by atoms with van der Waals surface area (Å²) in [6, 6.07) is 15.7. The van der Waals surface area contributed by atoms with Crippen LogP contribution in [-0.4, -0.2) is 41.6 Å². The second-order valence-corrected chi connectivity index (χ2v) is 7.25. The number of carbonyl (C=O) groups excluding carboxylic acids is 1. The van der Waals surface area contributed by atoms with E-state index in [1.54, 1.807) is 10.6 Å². The number of hydrogen-bond acceptors (Lipinski definition) is 4. The van der Waals surface area contributed by atoms with E-state index in [2.05, 4.69) is 30.0 Å². The van der Waals surface area contributed by atoms with Gasteiger partial charge in [0.1, 0.15) is 0 Å². The number of amides is 1. The van der Waals surface area contributed by atoms with Crippen LogP contribution in [0.2, 0.25) is 0 Å². The Balaban J connectivity index is 1.30. The number of fused-ring (bicyclic) bond motifs is 1. The molecule has 0 radical (unpaired) electrons. The number of oxazole rings is 1. The van der Waals surface area contributed by atoms with Gasteiger partial charge in [-0.3, -0.25) is 9.36 Å². The number of carbonyl (C=O) groups is 1. The molecule has 0 atom stereocenters. The van der Waals surface area contributed by atoms with Crippen molar-refractivity contribution in [3.8, 4) is 0 Å². The number of para-hydroxylation sites is 3. The molecule has 28 heavy (non-hydrogen) atoms. The number of hydrogen-bond donors (Lipinski definition) is 0. The molecule has 4 rings (SSSR count). The van der Waals surface area contributed by atoms with Gasteiger partial charge >= 0.3 is 5.76 Å². The van der Waals surface area contributed by atoms with Crippen molar-refractivity contribution in [1.82, 2.24) is 9.47 Å². The first-order valence-corrected chi connectivity index (χ1v) is 9.80. The molecule has 0 N–H and O–H groups in total. The summed E-state index contributed by atoms with van der Waals surface area (Å²) in [7, 11) is 0. The Morgan fingerprint density at radius 3 is 2.50 bits per heavy atom. The molecule has 0 unspecified atom stereocenters. The van der Waals surface area contributed by atoms with E-state index in [0.29, 0.717) is 25.0 Å². The van der Waals surface area contributed by atoms with Crippen LogP contribution in [0.4, 0.5) is 5.69 Å². The zero-order valence-electron chi connectivity index (χ0n) is 16.1. The molecule has 2 heterocycles. The number of anilines is 1. The van der Waals surface area contributed by atoms with Crippen molar-refractivity contribution in [3.63, 3.8) is 0 Å². The molecule has 1 amide bonds. The van der Waals surface area contributed by atoms with Crippen LogP contribution in [-0.2, 0) is 11.3 Å². The van der Waals surface area contributed by atoms with Crippen LogP contribution in [0.5, 0.6) is 0 Å². The molecule has 2 aromatic carbocycles. The van der Waals surface area contributed by atoms with Crippen LogP contribution in [0.25, 0.3) is 11.1 Å². The van der Waals surface area contributed by atoms with E-state index < -0.39 is 0 Å². The van der Waals surface area contributed by atoms with Crippen LogP contribution >= 0.6 is 0 Å². The van der Waals surface area contributed by atoms with Gasteiger partial charge in [-0.25, -0.2) is 4.79 Å². The SMILES string of the molecule is Cc1ccccc1N1CCN(C(=O)CCCn2c(=O)oc3ccccc32)CC1. The summed E-state index contributed by atoms with van der Waals surface area (Å²) in [4.78, 5) is 28.9. The van der Waals surface area contributed by atoms with Gasteiger partial charge in [0, 0.05) is 44.8 Å². The lowest BCUT2D eigenvalue weighted by Gasteiger charge is -2.37. The molecule has 6 heteroatoms. The standard InChI is InChI=1S/C22H25N3O3/c1-17-7-2-3-8-18(17)23-13-15-24(16-14-23)21(26)11-6-12-25-19-9-4-5-10-20(19)28-22(25)27/h2-5,7-10H,6,11-16H2,1H3. The summed E-state index contributed by atoms with van der Waals surface area (Å²) in [6.45, 7) is 5.79. The maximum atomic E-state index is 12.6. The lowest BCUT2D eigenvalue weighted by Crippen LogP contribution is -2.49. The minimum Gasteiger partial charge on any atom is -0.408 e. The zero-order valence-corrected chi connectivity index (χ0v) is 16.1. The molecule has 146 valence electrons. The Kier molecular flexibility index (Phi) is 5.19. The molecule has 0 spiro atoms. The van der Waals surface area contributed by atoms with E-state index in [0.717, 1.165) is 31.7 Å². The Hall–Kier alpha value is -3.02. The first-order chi connectivity index (χ1) is 13.6. The quantitative estimate of drug-likeness (QED) is 0.684. The first-order valence-electron chi connectivity index (χ1n) is 9.80. The number of rotatable bonds is 5. The molecule has 1 aliphatic rings. The number of piperazine rings is 1. The smallest absolute Gasteiger partial charge is 0.408 e. The highest BCUT2D eigenvalue weighted by molar-refractivity contribution is 5.76. The summed E-state index contributed by atoms with van der Waals surface area (Å²) in [6.07, 6.45) is 1.07. The average Bonchev–Trinajstić information content (AvgIpc) is 3.04. The predicted molar refractivity (Wildman–Crippen MR) is 110 cm³/mol. The molecule has 1 fully saturated rings. The third-order valence-electron chi connectivity index (χ3n) is 5.43. The number of aromatic nitrogens is 1. The normalized spacial score (nSPS) is 14.6. The van der Waals surface area contributed by atoms with E-state index in [9.17, 15) is 9.59 Å². The maximum absolute atomic E-state index is 12.6. The summed E-state index contributed by atoms with van der Waals surface area (Å²) in [5.41, 5.74) is 3.89. The highest BCUT2D eigenvalue weighted by Gasteiger charge is 2.21. The third kappa shape index (κ3) is 3.67. The lowest BCUT2D eigenvalue weighted by molar-refractivity contribution is -0.131. The molecule has 1 aromatic heterocycles.